The largest absolute Gasteiger partial charge is 0.324 e. The third kappa shape index (κ3) is 2.12. The Morgan fingerprint density at radius 3 is 2.81 bits per heavy atom. The Labute approximate surface area is 97.5 Å². The van der Waals surface area contributed by atoms with Crippen molar-refractivity contribution in [3.05, 3.63) is 42.2 Å². The summed E-state index contributed by atoms with van der Waals surface area (Å²) in [5.41, 5.74) is 2.77. The topological polar surface area (TPSA) is 7.65 Å². The van der Waals surface area contributed by atoms with E-state index in [-0.39, 0.29) is 0 Å². The average molecular weight is 216 g/mol. The molecule has 0 radical (unpaired) electrons. The molecule has 2 heteroatoms. The van der Waals surface area contributed by atoms with Crippen LogP contribution in [0, 0.1) is 0 Å². The first-order valence-electron chi connectivity index (χ1n) is 5.97. The van der Waals surface area contributed by atoms with Gasteiger partial charge in [-0.3, -0.25) is 0 Å². The third-order valence-electron chi connectivity index (χ3n) is 3.42. The Morgan fingerprint density at radius 2 is 2.06 bits per heavy atom. The molecule has 16 heavy (non-hydrogen) atoms. The smallest absolute Gasteiger partial charge is 0.0482 e. The van der Waals surface area contributed by atoms with E-state index < -0.39 is 0 Å². The molecule has 1 atom stereocenters. The molecule has 1 unspecified atom stereocenters. The van der Waals surface area contributed by atoms with Crippen molar-refractivity contribution in [3.63, 3.8) is 0 Å². The van der Waals surface area contributed by atoms with Gasteiger partial charge in [0, 0.05) is 24.0 Å². The van der Waals surface area contributed by atoms with Gasteiger partial charge in [-0.25, -0.2) is 0 Å². The Morgan fingerprint density at radius 1 is 1.25 bits per heavy atom. The van der Waals surface area contributed by atoms with Gasteiger partial charge < -0.3 is 9.30 Å². The molecule has 0 aromatic carbocycles. The summed E-state index contributed by atoms with van der Waals surface area (Å²) < 4.78 is 2.19. The van der Waals surface area contributed by atoms with E-state index in [4.69, 9.17) is 0 Å². The van der Waals surface area contributed by atoms with Crippen molar-refractivity contribution in [2.24, 2.45) is 0 Å². The number of nitrogens with zero attached hydrogens (tertiary/aromatic N) is 2. The Balaban J connectivity index is 2.21. The fourth-order valence-electron chi connectivity index (χ4n) is 2.07. The van der Waals surface area contributed by atoms with Crippen molar-refractivity contribution in [1.82, 2.24) is 9.30 Å². The lowest BCUT2D eigenvalue weighted by molar-refractivity contribution is 0.270. The quantitative estimate of drug-likeness (QED) is 0.762. The van der Waals surface area contributed by atoms with E-state index in [1.165, 1.54) is 11.1 Å². The molecule has 0 aliphatic carbocycles. The van der Waals surface area contributed by atoms with Gasteiger partial charge in [0.15, 0.2) is 0 Å². The predicted molar refractivity (Wildman–Crippen MR) is 68.9 cm³/mol. The Bertz CT molecular complexity index is 458. The highest BCUT2D eigenvalue weighted by molar-refractivity contribution is 5.55. The van der Waals surface area contributed by atoms with Crippen LogP contribution in [-0.4, -0.2) is 28.9 Å². The Hall–Kier alpha value is -1.28. The first-order chi connectivity index (χ1) is 7.72. The summed E-state index contributed by atoms with van der Waals surface area (Å²) >= 11 is 0. The molecule has 2 nitrogen and oxygen atoms in total. The highest BCUT2D eigenvalue weighted by atomic mass is 15.1. The summed E-state index contributed by atoms with van der Waals surface area (Å²) in [6.45, 7) is 5.59. The van der Waals surface area contributed by atoms with Gasteiger partial charge in [0.2, 0.25) is 0 Å². The van der Waals surface area contributed by atoms with Crippen molar-refractivity contribution in [2.75, 3.05) is 13.6 Å². The fraction of sp³-hybridized carbons (Fsp3) is 0.429. The monoisotopic (exact) mass is 216 g/mol. The fourth-order valence-corrected chi connectivity index (χ4v) is 2.07. The number of hydrogen-bond acceptors (Lipinski definition) is 1. The van der Waals surface area contributed by atoms with Crippen molar-refractivity contribution < 1.29 is 0 Å². The van der Waals surface area contributed by atoms with Crippen LogP contribution >= 0.6 is 0 Å². The van der Waals surface area contributed by atoms with E-state index in [9.17, 15) is 0 Å². The lowest BCUT2D eigenvalue weighted by atomic mass is 10.1. The van der Waals surface area contributed by atoms with Gasteiger partial charge in [-0.05, 0) is 50.7 Å². The summed E-state index contributed by atoms with van der Waals surface area (Å²) in [4.78, 5) is 2.38. The summed E-state index contributed by atoms with van der Waals surface area (Å²) in [5.74, 6) is 0. The number of pyridine rings is 1. The number of rotatable bonds is 4. The molecule has 0 spiro atoms. The molecule has 0 amide bonds. The minimum absolute atomic E-state index is 0.594. The second-order valence-corrected chi connectivity index (χ2v) is 4.46. The zero-order valence-corrected chi connectivity index (χ0v) is 10.4. The predicted octanol–water partition coefficient (Wildman–Crippen LogP) is 2.82. The molecule has 0 aliphatic heterocycles. The molecule has 2 aromatic heterocycles. The first kappa shape index (κ1) is 11.2. The molecular weight excluding hydrogens is 196 g/mol. The van der Waals surface area contributed by atoms with Gasteiger partial charge in [0.25, 0.3) is 0 Å². The van der Waals surface area contributed by atoms with Crippen LogP contribution in [0.15, 0.2) is 36.7 Å². The maximum atomic E-state index is 2.38. The second-order valence-electron chi connectivity index (χ2n) is 4.46. The summed E-state index contributed by atoms with van der Waals surface area (Å²) in [6, 6.07) is 9.19. The standard InChI is InChI=1S/C14H20N2/c1-4-15(3)12(2)11-13-8-10-16-9-6-5-7-14(13)16/h5-10,12H,4,11H2,1-3H3. The normalized spacial score (nSPS) is 13.5. The van der Waals surface area contributed by atoms with Gasteiger partial charge >= 0.3 is 0 Å². The van der Waals surface area contributed by atoms with Crippen LogP contribution in [0.1, 0.15) is 19.4 Å². The molecule has 0 saturated heterocycles. The van der Waals surface area contributed by atoms with Crippen LogP contribution in [0.25, 0.3) is 5.52 Å². The van der Waals surface area contributed by atoms with E-state index >= 15 is 0 Å². The van der Waals surface area contributed by atoms with E-state index in [1.807, 2.05) is 0 Å². The molecule has 0 bridgehead atoms. The van der Waals surface area contributed by atoms with Crippen molar-refractivity contribution in [2.45, 2.75) is 26.3 Å². The minimum atomic E-state index is 0.594. The number of likely N-dealkylation sites (N-methyl/N-ethyl adjacent to an activating group) is 1. The summed E-state index contributed by atoms with van der Waals surface area (Å²) in [6.07, 6.45) is 5.36. The molecule has 2 aromatic rings. The third-order valence-corrected chi connectivity index (χ3v) is 3.42. The Kier molecular flexibility index (Phi) is 3.30. The highest BCUT2D eigenvalue weighted by Crippen LogP contribution is 2.15. The van der Waals surface area contributed by atoms with Crippen molar-refractivity contribution in [1.29, 1.82) is 0 Å². The van der Waals surface area contributed by atoms with E-state index in [0.29, 0.717) is 6.04 Å². The maximum Gasteiger partial charge on any atom is 0.0482 e. The van der Waals surface area contributed by atoms with Gasteiger partial charge in [-0.15, -0.1) is 0 Å². The van der Waals surface area contributed by atoms with Crippen LogP contribution in [-0.2, 0) is 6.42 Å². The molecule has 86 valence electrons. The van der Waals surface area contributed by atoms with Crippen LogP contribution in [0.2, 0.25) is 0 Å². The van der Waals surface area contributed by atoms with E-state index in [2.05, 4.69) is 66.9 Å². The van der Waals surface area contributed by atoms with Gasteiger partial charge in [-0.1, -0.05) is 13.0 Å². The van der Waals surface area contributed by atoms with Crippen LogP contribution < -0.4 is 0 Å². The molecule has 0 saturated carbocycles. The zero-order valence-electron chi connectivity index (χ0n) is 10.4. The van der Waals surface area contributed by atoms with Gasteiger partial charge in [0.05, 0.1) is 0 Å². The maximum absolute atomic E-state index is 2.38. The van der Waals surface area contributed by atoms with Crippen LogP contribution in [0.5, 0.6) is 0 Å². The van der Waals surface area contributed by atoms with Crippen LogP contribution in [0.3, 0.4) is 0 Å². The number of hydrogen-bond donors (Lipinski definition) is 0. The first-order valence-corrected chi connectivity index (χ1v) is 5.97. The van der Waals surface area contributed by atoms with Crippen molar-refractivity contribution >= 4 is 5.52 Å². The SMILES string of the molecule is CCN(C)C(C)Cc1ccn2ccccc12. The lowest BCUT2D eigenvalue weighted by Gasteiger charge is -2.22. The zero-order chi connectivity index (χ0) is 11.5. The van der Waals surface area contributed by atoms with Crippen LogP contribution in [0.4, 0.5) is 0 Å². The highest BCUT2D eigenvalue weighted by Gasteiger charge is 2.10. The summed E-state index contributed by atoms with van der Waals surface area (Å²) in [5, 5.41) is 0. The molecule has 0 fully saturated rings. The summed E-state index contributed by atoms with van der Waals surface area (Å²) in [7, 11) is 2.18. The number of fused-ring (bicyclic) bond motifs is 1. The van der Waals surface area contributed by atoms with E-state index in [1.54, 1.807) is 0 Å². The van der Waals surface area contributed by atoms with E-state index in [0.717, 1.165) is 13.0 Å². The lowest BCUT2D eigenvalue weighted by Crippen LogP contribution is -2.30. The second kappa shape index (κ2) is 4.71. The van der Waals surface area contributed by atoms with Gasteiger partial charge in [-0.2, -0.15) is 0 Å². The molecule has 0 N–H and O–H groups in total. The number of aromatic nitrogens is 1. The molecular formula is C14H20N2. The van der Waals surface area contributed by atoms with Gasteiger partial charge in [0.1, 0.15) is 0 Å². The average Bonchev–Trinajstić information content (AvgIpc) is 2.72. The minimum Gasteiger partial charge on any atom is -0.324 e. The molecule has 0 aliphatic rings. The molecule has 2 rings (SSSR count). The van der Waals surface area contributed by atoms with Crippen molar-refractivity contribution in [3.8, 4) is 0 Å². The molecule has 2 heterocycles.